The van der Waals surface area contributed by atoms with Crippen molar-refractivity contribution in [3.05, 3.63) is 136 Å². The third kappa shape index (κ3) is 8.45. The number of anilines is 1. The highest BCUT2D eigenvalue weighted by molar-refractivity contribution is 7.91. The summed E-state index contributed by atoms with van der Waals surface area (Å²) in [5, 5.41) is 11.6. The van der Waals surface area contributed by atoms with E-state index in [1.807, 2.05) is 35.2 Å². The van der Waals surface area contributed by atoms with Crippen LogP contribution in [0, 0.1) is 0 Å². The molecule has 9 nitrogen and oxygen atoms in total. The van der Waals surface area contributed by atoms with Crippen molar-refractivity contribution in [1.82, 2.24) is 18.8 Å². The van der Waals surface area contributed by atoms with E-state index in [0.29, 0.717) is 34.5 Å². The predicted molar refractivity (Wildman–Crippen MR) is 221 cm³/mol. The van der Waals surface area contributed by atoms with Crippen molar-refractivity contribution in [3.8, 4) is 28.2 Å². The summed E-state index contributed by atoms with van der Waals surface area (Å²) >= 11 is 12.8. The fourth-order valence-electron chi connectivity index (χ4n) is 6.51. The van der Waals surface area contributed by atoms with Crippen molar-refractivity contribution in [2.45, 2.75) is 57.8 Å². The Morgan fingerprint density at radius 2 is 1.63 bits per heavy atom. The van der Waals surface area contributed by atoms with Gasteiger partial charge in [-0.05, 0) is 97.0 Å². The van der Waals surface area contributed by atoms with Gasteiger partial charge in [-0.1, -0.05) is 79.3 Å². The van der Waals surface area contributed by atoms with Crippen LogP contribution in [-0.2, 0) is 21.4 Å². The number of allylic oxidation sites excluding steroid dienone is 2. The van der Waals surface area contributed by atoms with E-state index in [2.05, 4.69) is 62.1 Å². The highest BCUT2D eigenvalue weighted by atomic mass is 35.5. The number of aliphatic hydroxyl groups excluding tert-OH is 1. The lowest BCUT2D eigenvalue weighted by Crippen LogP contribution is -2.36. The first-order chi connectivity index (χ1) is 25.9. The van der Waals surface area contributed by atoms with Gasteiger partial charge >= 0.3 is 10.2 Å². The maximum absolute atomic E-state index is 13.4. The Balaban J connectivity index is 1.13. The van der Waals surface area contributed by atoms with Gasteiger partial charge in [0.15, 0.2) is 0 Å². The summed E-state index contributed by atoms with van der Waals surface area (Å²) in [7, 11) is -5.44. The molecule has 0 saturated carbocycles. The van der Waals surface area contributed by atoms with E-state index < -0.39 is 24.2 Å². The number of aliphatic hydroxyl groups is 1. The van der Waals surface area contributed by atoms with Crippen molar-refractivity contribution in [3.63, 3.8) is 0 Å². The fraction of sp³-hybridized carbons (Fsp3) is 0.268. The normalized spacial score (nSPS) is 15.7. The molecular weight excluding hydrogens is 758 g/mol. The van der Waals surface area contributed by atoms with E-state index >= 15 is 0 Å². The van der Waals surface area contributed by atoms with Crippen molar-refractivity contribution in [2.75, 3.05) is 17.6 Å². The summed E-state index contributed by atoms with van der Waals surface area (Å²) in [4.78, 5) is 9.80. The number of imidazole rings is 1. The topological polar surface area (TPSA) is 101 Å². The molecule has 3 heterocycles. The smallest absolute Gasteiger partial charge is 0.334 e. The van der Waals surface area contributed by atoms with Crippen LogP contribution in [0.25, 0.3) is 33.8 Å². The number of nitrogens with zero attached hydrogens (tertiary/aromatic N) is 5. The van der Waals surface area contributed by atoms with Crippen LogP contribution in [0.3, 0.4) is 0 Å². The van der Waals surface area contributed by atoms with Gasteiger partial charge in [0.1, 0.15) is 12.6 Å². The molecule has 7 rings (SSSR count). The van der Waals surface area contributed by atoms with E-state index in [1.165, 1.54) is 30.2 Å². The minimum atomic E-state index is -4.08. The molecule has 54 heavy (non-hydrogen) atoms. The molecule has 1 aliphatic carbocycles. The van der Waals surface area contributed by atoms with Gasteiger partial charge in [0.05, 0.1) is 28.3 Å². The first kappa shape index (κ1) is 37.9. The van der Waals surface area contributed by atoms with Crippen LogP contribution in [0.5, 0.6) is 0 Å². The highest BCUT2D eigenvalue weighted by Crippen LogP contribution is 2.34. The number of hydrogen-bond donors (Lipinski definition) is 1. The molecule has 0 bridgehead atoms. The molecule has 1 N–H and O–H groups in total. The van der Waals surface area contributed by atoms with Gasteiger partial charge in [-0.15, -0.1) is 0 Å². The lowest BCUT2D eigenvalue weighted by molar-refractivity contribution is 0.0747. The summed E-state index contributed by atoms with van der Waals surface area (Å²) in [5.74, 6) is 0.358. The monoisotopic (exact) mass is 799 g/mol. The minimum Gasteiger partial charge on any atom is -0.493 e. The number of halogens is 2. The summed E-state index contributed by atoms with van der Waals surface area (Å²) < 4.78 is 36.4. The average molecular weight is 801 g/mol. The van der Waals surface area contributed by atoms with Crippen LogP contribution in [0.2, 0.25) is 35.7 Å². The number of pyridine rings is 1. The Labute approximate surface area is 328 Å². The van der Waals surface area contributed by atoms with E-state index in [9.17, 15) is 13.5 Å². The second kappa shape index (κ2) is 15.8. The molecule has 280 valence electrons. The van der Waals surface area contributed by atoms with Gasteiger partial charge < -0.3 is 14.4 Å². The van der Waals surface area contributed by atoms with Gasteiger partial charge in [-0.3, -0.25) is 4.98 Å². The molecule has 0 atom stereocenters. The van der Waals surface area contributed by atoms with Crippen molar-refractivity contribution < 1.29 is 18.3 Å². The van der Waals surface area contributed by atoms with Crippen molar-refractivity contribution in [1.29, 1.82) is 0 Å². The number of aromatic nitrogens is 3. The van der Waals surface area contributed by atoms with E-state index in [0.717, 1.165) is 61.4 Å². The van der Waals surface area contributed by atoms with Gasteiger partial charge in [0.2, 0.25) is 5.88 Å². The first-order valence-corrected chi connectivity index (χ1v) is 23.9. The zero-order valence-electron chi connectivity index (χ0n) is 30.5. The Morgan fingerprint density at radius 1 is 0.889 bits per heavy atom. The van der Waals surface area contributed by atoms with Crippen LogP contribution < -0.4 is 4.31 Å². The van der Waals surface area contributed by atoms with Gasteiger partial charge in [0.25, 0.3) is 0 Å². The molecule has 2 aliphatic rings. The summed E-state index contributed by atoms with van der Waals surface area (Å²) in [6, 6.07) is 25.8. The maximum atomic E-state index is 13.4. The molecule has 2 aromatic heterocycles. The third-order valence-corrected chi connectivity index (χ3v) is 13.5. The largest absolute Gasteiger partial charge is 0.493 e. The second-order valence-electron chi connectivity index (χ2n) is 14.8. The molecule has 13 heteroatoms. The summed E-state index contributed by atoms with van der Waals surface area (Å²) in [6.07, 6.45) is 12.7. The number of ether oxygens (including phenoxy) is 1. The SMILES string of the molecule is C[Si](C)(C)CCOCN1C(O)=CN(c2ccc(-n3cc(-c4ccc(Cl)cc4Cl)nc3Cc3ccc(-c4ccc(C5=CCCCC5)cn4)cc3)cc2)S1(=O)=O. The molecular formula is C41H43Cl2N5O4SSi. The average Bonchev–Trinajstić information content (AvgIpc) is 3.66. The Bertz CT molecular complexity index is 2300. The van der Waals surface area contributed by atoms with Crippen LogP contribution in [0.4, 0.5) is 5.69 Å². The molecule has 0 unspecified atom stereocenters. The Hall–Kier alpha value is -4.39. The molecule has 0 radical (unpaired) electrons. The summed E-state index contributed by atoms with van der Waals surface area (Å²) in [6.45, 7) is 6.82. The lowest BCUT2D eigenvalue weighted by Gasteiger charge is -2.22. The fourth-order valence-corrected chi connectivity index (χ4v) is 9.09. The number of hydrogen-bond acceptors (Lipinski definition) is 6. The third-order valence-electron chi connectivity index (χ3n) is 9.63. The van der Waals surface area contributed by atoms with Crippen LogP contribution in [0.1, 0.15) is 42.6 Å². The van der Waals surface area contributed by atoms with Crippen LogP contribution in [0.15, 0.2) is 109 Å². The van der Waals surface area contributed by atoms with Gasteiger partial charge in [-0.25, -0.2) is 9.29 Å². The number of benzene rings is 3. The molecule has 5 aromatic rings. The van der Waals surface area contributed by atoms with Crippen molar-refractivity contribution >= 4 is 52.7 Å². The zero-order valence-corrected chi connectivity index (χ0v) is 33.9. The predicted octanol–water partition coefficient (Wildman–Crippen LogP) is 10.5. The second-order valence-corrected chi connectivity index (χ2v) is 23.0. The standard InChI is InChI=1S/C41H43Cl2N5O4SSi/c1-54(2,3)22-21-52-28-48-41(49)27-47(53(48,50)51)35-17-15-34(16-18-35)46-26-39(36-19-14-33(42)24-37(36)43)45-40(46)23-29-9-11-31(12-10-29)38-20-13-32(25-44-38)30-7-5-4-6-8-30/h7,9-20,24-27,49H,4-6,8,21-23,28H2,1-3H3. The molecule has 1 aliphatic heterocycles. The first-order valence-electron chi connectivity index (χ1n) is 18.1. The lowest BCUT2D eigenvalue weighted by atomic mass is 9.94. The quantitative estimate of drug-likeness (QED) is 0.0996. The van der Waals surface area contributed by atoms with E-state index in [4.69, 9.17) is 37.9 Å². The number of rotatable bonds is 12. The molecule has 0 saturated heterocycles. The van der Waals surface area contributed by atoms with E-state index in [1.54, 1.807) is 24.3 Å². The van der Waals surface area contributed by atoms with Crippen LogP contribution >= 0.6 is 23.2 Å². The minimum absolute atomic E-state index is 0.264. The summed E-state index contributed by atoms with van der Waals surface area (Å²) in [5.41, 5.74) is 8.13. The van der Waals surface area contributed by atoms with E-state index in [-0.39, 0.29) is 6.73 Å². The zero-order chi connectivity index (χ0) is 38.0. The molecule has 0 amide bonds. The maximum Gasteiger partial charge on any atom is 0.334 e. The van der Waals surface area contributed by atoms with Crippen LogP contribution in [-0.4, -0.2) is 53.8 Å². The molecule has 0 spiro atoms. The highest BCUT2D eigenvalue weighted by Gasteiger charge is 2.38. The molecule has 3 aromatic carbocycles. The van der Waals surface area contributed by atoms with Gasteiger partial charge in [0, 0.05) is 55.3 Å². The van der Waals surface area contributed by atoms with Crippen molar-refractivity contribution in [2.24, 2.45) is 0 Å². The Kier molecular flexibility index (Phi) is 11.1. The Morgan fingerprint density at radius 3 is 2.30 bits per heavy atom. The van der Waals surface area contributed by atoms with Gasteiger partial charge in [-0.2, -0.15) is 12.7 Å². The molecule has 0 fully saturated rings.